The van der Waals surface area contributed by atoms with Gasteiger partial charge in [-0.3, -0.25) is 0 Å². The molecule has 0 aromatic heterocycles. The Morgan fingerprint density at radius 1 is 1.15 bits per heavy atom. The summed E-state index contributed by atoms with van der Waals surface area (Å²) >= 11 is 0. The van der Waals surface area contributed by atoms with E-state index in [0.29, 0.717) is 0 Å². The highest BCUT2D eigenvalue weighted by molar-refractivity contribution is 7.46. The van der Waals surface area contributed by atoms with Crippen molar-refractivity contribution in [2.45, 2.75) is 40.2 Å². The lowest BCUT2D eigenvalue weighted by Gasteiger charge is -2.29. The minimum absolute atomic E-state index is 0.213. The monoisotopic (exact) mass is 204 g/mol. The van der Waals surface area contributed by atoms with Crippen LogP contribution in [0, 0.1) is 0 Å². The Hall–Kier alpha value is 0.0900. The van der Waals surface area contributed by atoms with Crippen molar-refractivity contribution in [1.82, 2.24) is 0 Å². The van der Waals surface area contributed by atoms with Crippen LogP contribution in [0.25, 0.3) is 0 Å². The van der Waals surface area contributed by atoms with Crippen molar-refractivity contribution < 1.29 is 9.05 Å². The lowest BCUT2D eigenvalue weighted by Crippen LogP contribution is -2.24. The van der Waals surface area contributed by atoms with Gasteiger partial charge in [0, 0.05) is 13.8 Å². The number of hydrogen-bond donors (Lipinski definition) is 0. The van der Waals surface area contributed by atoms with Gasteiger partial charge in [0.25, 0.3) is 0 Å². The van der Waals surface area contributed by atoms with Crippen LogP contribution in [0.15, 0.2) is 11.1 Å². The Balaban J connectivity index is 4.49. The second-order valence-corrected chi connectivity index (χ2v) is 5.28. The zero-order valence-electron chi connectivity index (χ0n) is 9.76. The van der Waals surface area contributed by atoms with Crippen molar-refractivity contribution in [2.24, 2.45) is 0 Å². The van der Waals surface area contributed by atoms with Crippen LogP contribution >= 0.6 is 8.38 Å². The summed E-state index contributed by atoms with van der Waals surface area (Å²) in [6.45, 7) is 12.4. The minimum atomic E-state index is -0.758. The minimum Gasteiger partial charge on any atom is -0.338 e. The zero-order chi connectivity index (χ0) is 10.6. The first-order valence-corrected chi connectivity index (χ1v) is 6.05. The molecule has 0 saturated carbocycles. The molecule has 0 amide bonds. The fourth-order valence-corrected chi connectivity index (χ4v) is 1.88. The van der Waals surface area contributed by atoms with Gasteiger partial charge in [-0.05, 0) is 40.2 Å². The molecule has 0 radical (unpaired) electrons. The molecule has 0 aromatic carbocycles. The summed E-state index contributed by atoms with van der Waals surface area (Å²) < 4.78 is 10.9. The molecular formula is C10H21O2P. The largest absolute Gasteiger partial charge is 0.338 e. The maximum absolute atomic E-state index is 5.79. The lowest BCUT2D eigenvalue weighted by molar-refractivity contribution is 0.144. The highest BCUT2D eigenvalue weighted by atomic mass is 31.2. The van der Waals surface area contributed by atoms with E-state index in [1.807, 2.05) is 6.66 Å². The van der Waals surface area contributed by atoms with Gasteiger partial charge in [-0.15, -0.1) is 0 Å². The van der Waals surface area contributed by atoms with Gasteiger partial charge in [-0.2, -0.15) is 0 Å². The van der Waals surface area contributed by atoms with Gasteiger partial charge in [0.1, 0.15) is 0 Å². The van der Waals surface area contributed by atoms with Crippen LogP contribution in [-0.2, 0) is 9.05 Å². The van der Waals surface area contributed by atoms with Gasteiger partial charge in [-0.1, -0.05) is 5.57 Å². The first-order valence-electron chi connectivity index (χ1n) is 4.42. The maximum atomic E-state index is 5.79. The molecule has 13 heavy (non-hydrogen) atoms. The number of rotatable bonds is 4. The van der Waals surface area contributed by atoms with E-state index >= 15 is 0 Å². The number of allylic oxidation sites excluding steroid dienone is 1. The topological polar surface area (TPSA) is 18.5 Å². The van der Waals surface area contributed by atoms with E-state index < -0.39 is 8.38 Å². The predicted molar refractivity (Wildman–Crippen MR) is 59.1 cm³/mol. The smallest absolute Gasteiger partial charge is 0.167 e. The molecule has 3 heteroatoms. The van der Waals surface area contributed by atoms with E-state index in [2.05, 4.69) is 34.6 Å². The van der Waals surface area contributed by atoms with Crippen molar-refractivity contribution in [3.8, 4) is 0 Å². The maximum Gasteiger partial charge on any atom is 0.167 e. The molecule has 0 bridgehead atoms. The molecule has 0 rings (SSSR count). The Morgan fingerprint density at radius 3 is 1.92 bits per heavy atom. The molecule has 0 fully saturated rings. The molecule has 0 aromatic rings. The molecular weight excluding hydrogens is 183 g/mol. The first-order chi connectivity index (χ1) is 5.81. The number of hydrogen-bond acceptors (Lipinski definition) is 2. The lowest BCUT2D eigenvalue weighted by atomic mass is 9.96. The summed E-state index contributed by atoms with van der Waals surface area (Å²) in [6, 6.07) is 0. The van der Waals surface area contributed by atoms with E-state index in [4.69, 9.17) is 9.05 Å². The Kier molecular flexibility index (Phi) is 5.13. The van der Waals surface area contributed by atoms with Gasteiger partial charge in [-0.25, -0.2) is 0 Å². The molecule has 0 aliphatic carbocycles. The molecule has 0 aliphatic rings. The van der Waals surface area contributed by atoms with Gasteiger partial charge in [0.2, 0.25) is 0 Å². The van der Waals surface area contributed by atoms with Crippen LogP contribution in [0.1, 0.15) is 34.6 Å². The third-order valence-electron chi connectivity index (χ3n) is 2.27. The average Bonchev–Trinajstić information content (AvgIpc) is 2.01. The van der Waals surface area contributed by atoms with Crippen LogP contribution in [-0.4, -0.2) is 19.4 Å². The molecule has 0 aliphatic heterocycles. The van der Waals surface area contributed by atoms with E-state index in [1.165, 1.54) is 11.1 Å². The SMILES string of the molecule is COP(C)OC(C)(C)C(C)=C(C)C. The summed E-state index contributed by atoms with van der Waals surface area (Å²) in [5, 5.41) is 0. The van der Waals surface area contributed by atoms with Crippen LogP contribution < -0.4 is 0 Å². The van der Waals surface area contributed by atoms with Crippen LogP contribution in [0.5, 0.6) is 0 Å². The molecule has 0 spiro atoms. The van der Waals surface area contributed by atoms with Gasteiger partial charge in [0.05, 0.1) is 5.60 Å². The second kappa shape index (κ2) is 5.09. The quantitative estimate of drug-likeness (QED) is 0.513. The summed E-state index contributed by atoms with van der Waals surface area (Å²) in [4.78, 5) is 0. The molecule has 0 N–H and O–H groups in total. The van der Waals surface area contributed by atoms with Crippen LogP contribution in [0.3, 0.4) is 0 Å². The third kappa shape index (κ3) is 4.21. The Morgan fingerprint density at radius 2 is 1.62 bits per heavy atom. The van der Waals surface area contributed by atoms with Gasteiger partial charge in [0.15, 0.2) is 8.38 Å². The molecule has 78 valence electrons. The van der Waals surface area contributed by atoms with Gasteiger partial charge < -0.3 is 9.05 Å². The van der Waals surface area contributed by atoms with Crippen LogP contribution in [0.2, 0.25) is 0 Å². The van der Waals surface area contributed by atoms with E-state index in [9.17, 15) is 0 Å². The summed E-state index contributed by atoms with van der Waals surface area (Å²) in [6.07, 6.45) is 0. The molecule has 1 unspecified atom stereocenters. The summed E-state index contributed by atoms with van der Waals surface area (Å²) in [5.41, 5.74) is 2.37. The standard InChI is InChI=1S/C10H21O2P/c1-8(2)9(3)10(4,5)12-13(7)11-6/h1-7H3. The average molecular weight is 204 g/mol. The van der Waals surface area contributed by atoms with Crippen molar-refractivity contribution >= 4 is 8.38 Å². The fourth-order valence-electron chi connectivity index (χ4n) is 1.03. The highest BCUT2D eigenvalue weighted by Crippen LogP contribution is 2.40. The highest BCUT2D eigenvalue weighted by Gasteiger charge is 2.24. The molecule has 1 atom stereocenters. The zero-order valence-corrected chi connectivity index (χ0v) is 10.7. The van der Waals surface area contributed by atoms with Gasteiger partial charge >= 0.3 is 0 Å². The molecule has 2 nitrogen and oxygen atoms in total. The van der Waals surface area contributed by atoms with Crippen LogP contribution in [0.4, 0.5) is 0 Å². The van der Waals surface area contributed by atoms with E-state index in [-0.39, 0.29) is 5.60 Å². The fraction of sp³-hybridized carbons (Fsp3) is 0.800. The predicted octanol–water partition coefficient (Wildman–Crippen LogP) is 3.73. The second-order valence-electron chi connectivity index (χ2n) is 3.85. The summed E-state index contributed by atoms with van der Waals surface area (Å²) in [7, 11) is 0.922. The van der Waals surface area contributed by atoms with E-state index in [1.54, 1.807) is 7.11 Å². The normalized spacial score (nSPS) is 14.1. The Bertz CT molecular complexity index is 193. The summed E-state index contributed by atoms with van der Waals surface area (Å²) in [5.74, 6) is 0. The van der Waals surface area contributed by atoms with Crippen molar-refractivity contribution in [3.63, 3.8) is 0 Å². The van der Waals surface area contributed by atoms with E-state index in [0.717, 1.165) is 0 Å². The molecule has 0 saturated heterocycles. The first kappa shape index (κ1) is 13.1. The van der Waals surface area contributed by atoms with Crippen molar-refractivity contribution in [3.05, 3.63) is 11.1 Å². The van der Waals surface area contributed by atoms with Crippen molar-refractivity contribution in [2.75, 3.05) is 13.8 Å². The third-order valence-corrected chi connectivity index (χ3v) is 3.49. The van der Waals surface area contributed by atoms with Crippen molar-refractivity contribution in [1.29, 1.82) is 0 Å². The Labute approximate surface area is 83.2 Å². The molecule has 0 heterocycles.